The van der Waals surface area contributed by atoms with Gasteiger partial charge in [0.25, 0.3) is 5.91 Å². The fourth-order valence-electron chi connectivity index (χ4n) is 2.97. The molecule has 3 nitrogen and oxygen atoms in total. The van der Waals surface area contributed by atoms with Crippen LogP contribution in [-0.2, 0) is 6.42 Å². The third-order valence-corrected chi connectivity index (χ3v) is 4.16. The standard InChI is InChI=1S/C16H24N2O/c1-4-13-6-8-14(9-7-13)15(19)18-11-5-10-16(18,2)12-17-3/h6-9,17H,4-5,10-12H2,1-3H3. The van der Waals surface area contributed by atoms with Crippen molar-refractivity contribution >= 4 is 5.91 Å². The van der Waals surface area contributed by atoms with Crippen LogP contribution in [0.5, 0.6) is 0 Å². The highest BCUT2D eigenvalue weighted by atomic mass is 16.2. The highest BCUT2D eigenvalue weighted by molar-refractivity contribution is 5.95. The minimum atomic E-state index is -0.0464. The quantitative estimate of drug-likeness (QED) is 0.902. The molecule has 1 aromatic carbocycles. The predicted molar refractivity (Wildman–Crippen MR) is 78.4 cm³/mol. The fourth-order valence-corrected chi connectivity index (χ4v) is 2.97. The maximum atomic E-state index is 12.6. The molecule has 1 N–H and O–H groups in total. The van der Waals surface area contributed by atoms with E-state index < -0.39 is 0 Å². The van der Waals surface area contributed by atoms with E-state index >= 15 is 0 Å². The second-order valence-electron chi connectivity index (χ2n) is 5.64. The molecule has 1 heterocycles. The number of hydrogen-bond acceptors (Lipinski definition) is 2. The Balaban J connectivity index is 2.18. The second kappa shape index (κ2) is 5.74. The van der Waals surface area contributed by atoms with Gasteiger partial charge in [-0.1, -0.05) is 19.1 Å². The van der Waals surface area contributed by atoms with Gasteiger partial charge in [-0.05, 0) is 50.9 Å². The summed E-state index contributed by atoms with van der Waals surface area (Å²) in [6.07, 6.45) is 3.18. The number of nitrogens with zero attached hydrogens (tertiary/aromatic N) is 1. The van der Waals surface area contributed by atoms with Gasteiger partial charge in [-0.3, -0.25) is 4.79 Å². The number of benzene rings is 1. The third-order valence-electron chi connectivity index (χ3n) is 4.16. The molecule has 2 rings (SSSR count). The van der Waals surface area contributed by atoms with Crippen LogP contribution in [-0.4, -0.2) is 36.5 Å². The normalized spacial score (nSPS) is 22.8. The molecular formula is C16H24N2O. The highest BCUT2D eigenvalue weighted by Crippen LogP contribution is 2.29. The van der Waals surface area contributed by atoms with Crippen molar-refractivity contribution in [3.05, 3.63) is 35.4 Å². The molecule has 1 aliphatic heterocycles. The van der Waals surface area contributed by atoms with Crippen LogP contribution in [0.4, 0.5) is 0 Å². The van der Waals surface area contributed by atoms with E-state index in [0.29, 0.717) is 0 Å². The molecule has 0 saturated carbocycles. The summed E-state index contributed by atoms with van der Waals surface area (Å²) in [6, 6.07) is 8.02. The van der Waals surface area contributed by atoms with Crippen molar-refractivity contribution in [1.82, 2.24) is 10.2 Å². The molecule has 1 saturated heterocycles. The van der Waals surface area contributed by atoms with Crippen LogP contribution < -0.4 is 5.32 Å². The van der Waals surface area contributed by atoms with E-state index in [4.69, 9.17) is 0 Å². The van der Waals surface area contributed by atoms with Crippen LogP contribution in [0.2, 0.25) is 0 Å². The van der Waals surface area contributed by atoms with Gasteiger partial charge in [-0.15, -0.1) is 0 Å². The lowest BCUT2D eigenvalue weighted by molar-refractivity contribution is 0.0626. The molecule has 1 amide bonds. The lowest BCUT2D eigenvalue weighted by Gasteiger charge is -2.35. The van der Waals surface area contributed by atoms with E-state index in [0.717, 1.165) is 37.9 Å². The van der Waals surface area contributed by atoms with E-state index in [-0.39, 0.29) is 11.4 Å². The van der Waals surface area contributed by atoms with Crippen molar-refractivity contribution < 1.29 is 4.79 Å². The number of aryl methyl sites for hydroxylation is 1. The van der Waals surface area contributed by atoms with Crippen molar-refractivity contribution in [3.8, 4) is 0 Å². The van der Waals surface area contributed by atoms with Gasteiger partial charge in [0.2, 0.25) is 0 Å². The lowest BCUT2D eigenvalue weighted by atomic mass is 9.98. The predicted octanol–water partition coefficient (Wildman–Crippen LogP) is 2.46. The van der Waals surface area contributed by atoms with Gasteiger partial charge in [-0.2, -0.15) is 0 Å². The first-order valence-electron chi connectivity index (χ1n) is 7.16. The molecular weight excluding hydrogens is 236 g/mol. The molecule has 0 bridgehead atoms. The van der Waals surface area contributed by atoms with Crippen molar-refractivity contribution in [2.75, 3.05) is 20.1 Å². The Morgan fingerprint density at radius 1 is 1.37 bits per heavy atom. The Morgan fingerprint density at radius 2 is 2.05 bits per heavy atom. The number of hydrogen-bond donors (Lipinski definition) is 1. The number of amides is 1. The molecule has 1 aliphatic rings. The zero-order valence-electron chi connectivity index (χ0n) is 12.2. The van der Waals surface area contributed by atoms with Crippen molar-refractivity contribution in [2.24, 2.45) is 0 Å². The molecule has 0 radical (unpaired) electrons. The summed E-state index contributed by atoms with van der Waals surface area (Å²) in [7, 11) is 1.95. The topological polar surface area (TPSA) is 32.3 Å². The fraction of sp³-hybridized carbons (Fsp3) is 0.562. The van der Waals surface area contributed by atoms with Gasteiger partial charge in [0, 0.05) is 18.7 Å². The van der Waals surface area contributed by atoms with Crippen LogP contribution in [0.3, 0.4) is 0 Å². The van der Waals surface area contributed by atoms with Crippen molar-refractivity contribution in [2.45, 2.75) is 38.6 Å². The zero-order chi connectivity index (χ0) is 13.9. The van der Waals surface area contributed by atoms with Crippen molar-refractivity contribution in [3.63, 3.8) is 0 Å². The molecule has 0 aromatic heterocycles. The smallest absolute Gasteiger partial charge is 0.254 e. The molecule has 104 valence electrons. The average Bonchev–Trinajstić information content (AvgIpc) is 2.80. The van der Waals surface area contributed by atoms with Crippen LogP contribution in [0, 0.1) is 0 Å². The number of likely N-dealkylation sites (tertiary alicyclic amines) is 1. The molecule has 1 unspecified atom stereocenters. The van der Waals surface area contributed by atoms with E-state index in [1.54, 1.807) is 0 Å². The van der Waals surface area contributed by atoms with Crippen LogP contribution >= 0.6 is 0 Å². The SMILES string of the molecule is CCc1ccc(C(=O)N2CCCC2(C)CNC)cc1. The lowest BCUT2D eigenvalue weighted by Crippen LogP contribution is -2.50. The summed E-state index contributed by atoms with van der Waals surface area (Å²) in [6.45, 7) is 6.02. The minimum absolute atomic E-state index is 0.0464. The van der Waals surface area contributed by atoms with Gasteiger partial charge in [-0.25, -0.2) is 0 Å². The minimum Gasteiger partial charge on any atom is -0.332 e. The van der Waals surface area contributed by atoms with Crippen LogP contribution in [0.25, 0.3) is 0 Å². The third kappa shape index (κ3) is 2.81. The Bertz CT molecular complexity index is 441. The highest BCUT2D eigenvalue weighted by Gasteiger charge is 2.39. The number of carbonyl (C=O) groups is 1. The van der Waals surface area contributed by atoms with E-state index in [9.17, 15) is 4.79 Å². The Hall–Kier alpha value is -1.35. The van der Waals surface area contributed by atoms with E-state index in [1.165, 1.54) is 5.56 Å². The second-order valence-corrected chi connectivity index (χ2v) is 5.64. The number of carbonyl (C=O) groups excluding carboxylic acids is 1. The Labute approximate surface area is 116 Å². The maximum absolute atomic E-state index is 12.6. The summed E-state index contributed by atoms with van der Waals surface area (Å²) < 4.78 is 0. The molecule has 1 fully saturated rings. The van der Waals surface area contributed by atoms with E-state index in [2.05, 4.69) is 31.3 Å². The summed E-state index contributed by atoms with van der Waals surface area (Å²) in [5.41, 5.74) is 2.03. The molecule has 19 heavy (non-hydrogen) atoms. The summed E-state index contributed by atoms with van der Waals surface area (Å²) >= 11 is 0. The number of nitrogens with one attached hydrogen (secondary N) is 1. The number of rotatable bonds is 4. The molecule has 0 aliphatic carbocycles. The molecule has 1 aromatic rings. The van der Waals surface area contributed by atoms with Gasteiger partial charge >= 0.3 is 0 Å². The molecule has 1 atom stereocenters. The summed E-state index contributed by atoms with van der Waals surface area (Å²) in [5, 5.41) is 3.21. The van der Waals surface area contributed by atoms with Gasteiger partial charge in [0.1, 0.15) is 0 Å². The van der Waals surface area contributed by atoms with E-state index in [1.807, 2.05) is 24.1 Å². The van der Waals surface area contributed by atoms with Gasteiger partial charge in [0.05, 0.1) is 5.54 Å². The van der Waals surface area contributed by atoms with Crippen LogP contribution in [0.15, 0.2) is 24.3 Å². The van der Waals surface area contributed by atoms with Crippen molar-refractivity contribution in [1.29, 1.82) is 0 Å². The first-order chi connectivity index (χ1) is 9.10. The van der Waals surface area contributed by atoms with Crippen LogP contribution in [0.1, 0.15) is 42.6 Å². The Kier molecular flexibility index (Phi) is 4.25. The largest absolute Gasteiger partial charge is 0.332 e. The first kappa shape index (κ1) is 14.1. The van der Waals surface area contributed by atoms with Gasteiger partial charge < -0.3 is 10.2 Å². The average molecular weight is 260 g/mol. The number of likely N-dealkylation sites (N-methyl/N-ethyl adjacent to an activating group) is 1. The maximum Gasteiger partial charge on any atom is 0.254 e. The van der Waals surface area contributed by atoms with Gasteiger partial charge in [0.15, 0.2) is 0 Å². The molecule has 0 spiro atoms. The Morgan fingerprint density at radius 3 is 2.63 bits per heavy atom. The monoisotopic (exact) mass is 260 g/mol. The summed E-state index contributed by atoms with van der Waals surface area (Å²) in [4.78, 5) is 14.7. The first-order valence-corrected chi connectivity index (χ1v) is 7.16. The molecule has 3 heteroatoms. The summed E-state index contributed by atoms with van der Waals surface area (Å²) in [5.74, 6) is 0.165. The zero-order valence-corrected chi connectivity index (χ0v) is 12.2.